The van der Waals surface area contributed by atoms with E-state index in [-0.39, 0.29) is 37.1 Å². The summed E-state index contributed by atoms with van der Waals surface area (Å²) in [6, 6.07) is 11.2. The second-order valence-electron chi connectivity index (χ2n) is 6.18. The maximum atomic E-state index is 12.9. The molecule has 0 radical (unpaired) electrons. The van der Waals surface area contributed by atoms with Gasteiger partial charge >= 0.3 is 0 Å². The van der Waals surface area contributed by atoms with Crippen LogP contribution in [0.3, 0.4) is 0 Å². The molecule has 0 spiro atoms. The molecular weight excluding hydrogens is 363 g/mol. The first-order valence-corrected chi connectivity index (χ1v) is 8.96. The average molecular weight is 388 g/mol. The number of ether oxygens (including phenoxy) is 2. The molecule has 0 atom stereocenters. The lowest BCUT2D eigenvalue weighted by Gasteiger charge is -2.21. The summed E-state index contributed by atoms with van der Waals surface area (Å²) in [6.07, 6.45) is 0.152. The highest BCUT2D eigenvalue weighted by Crippen LogP contribution is 2.27. The fraction of sp³-hybridized carbons (Fsp3) is 0.333. The lowest BCUT2D eigenvalue weighted by atomic mass is 10.1. The fourth-order valence-corrected chi connectivity index (χ4v) is 2.69. The Balaban J connectivity index is 1.91. The molecule has 6 nitrogen and oxygen atoms in total. The molecule has 0 heterocycles. The Hall–Kier alpha value is -3.09. The monoisotopic (exact) mass is 388 g/mol. The van der Waals surface area contributed by atoms with Gasteiger partial charge in [0, 0.05) is 13.1 Å². The summed E-state index contributed by atoms with van der Waals surface area (Å²) in [5, 5.41) is 2.74. The molecule has 0 saturated carbocycles. The van der Waals surface area contributed by atoms with Crippen LogP contribution in [0.1, 0.15) is 18.1 Å². The van der Waals surface area contributed by atoms with Gasteiger partial charge in [0.25, 0.3) is 0 Å². The molecule has 150 valence electrons. The van der Waals surface area contributed by atoms with E-state index in [1.807, 2.05) is 6.92 Å². The van der Waals surface area contributed by atoms with Gasteiger partial charge in [-0.05, 0) is 42.3 Å². The van der Waals surface area contributed by atoms with Crippen LogP contribution in [0.25, 0.3) is 0 Å². The van der Waals surface area contributed by atoms with Crippen LogP contribution >= 0.6 is 0 Å². The largest absolute Gasteiger partial charge is 0.493 e. The van der Waals surface area contributed by atoms with Crippen molar-refractivity contribution in [2.24, 2.45) is 0 Å². The number of carbonyl (C=O) groups excluding carboxylic acids is 2. The summed E-state index contributed by atoms with van der Waals surface area (Å²) in [6.45, 7) is 2.47. The van der Waals surface area contributed by atoms with E-state index in [1.165, 1.54) is 24.1 Å². The van der Waals surface area contributed by atoms with Crippen molar-refractivity contribution in [2.75, 3.05) is 27.3 Å². The van der Waals surface area contributed by atoms with Gasteiger partial charge in [-0.25, -0.2) is 4.39 Å². The van der Waals surface area contributed by atoms with Crippen molar-refractivity contribution < 1.29 is 23.5 Å². The maximum Gasteiger partial charge on any atom is 0.239 e. The zero-order chi connectivity index (χ0) is 20.5. The lowest BCUT2D eigenvalue weighted by Crippen LogP contribution is -2.41. The van der Waals surface area contributed by atoms with Gasteiger partial charge in [-0.3, -0.25) is 9.59 Å². The van der Waals surface area contributed by atoms with E-state index in [4.69, 9.17) is 9.47 Å². The van der Waals surface area contributed by atoms with Crippen molar-refractivity contribution in [1.82, 2.24) is 10.2 Å². The topological polar surface area (TPSA) is 67.9 Å². The Bertz CT molecular complexity index is 809. The minimum atomic E-state index is -0.326. The Morgan fingerprint density at radius 2 is 1.64 bits per heavy atom. The highest BCUT2D eigenvalue weighted by atomic mass is 19.1. The minimum absolute atomic E-state index is 0.0379. The molecule has 2 aromatic rings. The third-order valence-corrected chi connectivity index (χ3v) is 4.28. The van der Waals surface area contributed by atoms with E-state index in [2.05, 4.69) is 5.32 Å². The molecule has 1 N–H and O–H groups in total. The first kappa shape index (κ1) is 21.2. The van der Waals surface area contributed by atoms with Gasteiger partial charge in [0.1, 0.15) is 5.82 Å². The number of amides is 2. The Kier molecular flexibility index (Phi) is 7.80. The smallest absolute Gasteiger partial charge is 0.239 e. The van der Waals surface area contributed by atoms with Gasteiger partial charge < -0.3 is 19.7 Å². The highest BCUT2D eigenvalue weighted by molar-refractivity contribution is 5.85. The summed E-state index contributed by atoms with van der Waals surface area (Å²) < 4.78 is 23.4. The zero-order valence-electron chi connectivity index (χ0n) is 16.3. The first-order chi connectivity index (χ1) is 13.5. The fourth-order valence-electron chi connectivity index (χ4n) is 2.69. The predicted molar refractivity (Wildman–Crippen MR) is 104 cm³/mol. The molecular formula is C21H25FN2O4. The Morgan fingerprint density at radius 1 is 1.00 bits per heavy atom. The summed E-state index contributed by atoms with van der Waals surface area (Å²) in [4.78, 5) is 26.2. The number of carbonyl (C=O) groups is 2. The van der Waals surface area contributed by atoms with E-state index in [0.717, 1.165) is 11.1 Å². The Morgan fingerprint density at radius 3 is 2.25 bits per heavy atom. The van der Waals surface area contributed by atoms with Gasteiger partial charge in [0.2, 0.25) is 11.8 Å². The summed E-state index contributed by atoms with van der Waals surface area (Å²) >= 11 is 0. The molecule has 2 rings (SSSR count). The first-order valence-electron chi connectivity index (χ1n) is 8.96. The van der Waals surface area contributed by atoms with Crippen LogP contribution in [0.15, 0.2) is 42.5 Å². The molecule has 7 heteroatoms. The van der Waals surface area contributed by atoms with Gasteiger partial charge in [0.05, 0.1) is 27.2 Å². The number of likely N-dealkylation sites (N-methyl/N-ethyl adjacent to an activating group) is 1. The molecule has 0 bridgehead atoms. The molecule has 0 saturated heterocycles. The molecule has 2 amide bonds. The van der Waals surface area contributed by atoms with Crippen LogP contribution in [0.2, 0.25) is 0 Å². The van der Waals surface area contributed by atoms with E-state index >= 15 is 0 Å². The van der Waals surface area contributed by atoms with Crippen LogP contribution < -0.4 is 14.8 Å². The molecule has 28 heavy (non-hydrogen) atoms. The number of rotatable bonds is 9. The lowest BCUT2D eigenvalue weighted by molar-refractivity contribution is -0.135. The standard InChI is InChI=1S/C21H25FN2O4/c1-4-24(14-20(25)23-13-15-5-8-17(22)9-6-15)21(26)12-16-7-10-18(27-2)19(11-16)28-3/h5-11H,4,12-14H2,1-3H3,(H,23,25). The predicted octanol–water partition coefficient (Wildman–Crippen LogP) is 2.55. The highest BCUT2D eigenvalue weighted by Gasteiger charge is 2.17. The van der Waals surface area contributed by atoms with E-state index in [0.29, 0.717) is 18.0 Å². The van der Waals surface area contributed by atoms with Crippen LogP contribution in [0.5, 0.6) is 11.5 Å². The summed E-state index contributed by atoms with van der Waals surface area (Å²) in [5.74, 6) is 0.380. The zero-order valence-corrected chi connectivity index (χ0v) is 16.3. The van der Waals surface area contributed by atoms with E-state index < -0.39 is 0 Å². The van der Waals surface area contributed by atoms with Gasteiger partial charge in [0.15, 0.2) is 11.5 Å². The number of benzene rings is 2. The average Bonchev–Trinajstić information content (AvgIpc) is 2.71. The van der Waals surface area contributed by atoms with Gasteiger partial charge in [-0.15, -0.1) is 0 Å². The number of nitrogens with zero attached hydrogens (tertiary/aromatic N) is 1. The van der Waals surface area contributed by atoms with Crippen LogP contribution in [0.4, 0.5) is 4.39 Å². The van der Waals surface area contributed by atoms with Crippen LogP contribution in [-0.4, -0.2) is 44.0 Å². The second kappa shape index (κ2) is 10.3. The molecule has 0 aliphatic rings. The van der Waals surface area contributed by atoms with E-state index in [1.54, 1.807) is 37.4 Å². The van der Waals surface area contributed by atoms with Crippen molar-refractivity contribution in [3.05, 3.63) is 59.4 Å². The van der Waals surface area contributed by atoms with Gasteiger partial charge in [-0.1, -0.05) is 18.2 Å². The number of nitrogens with one attached hydrogen (secondary N) is 1. The quantitative estimate of drug-likeness (QED) is 0.717. The third kappa shape index (κ3) is 5.97. The number of halogens is 1. The second-order valence-corrected chi connectivity index (χ2v) is 6.18. The molecule has 0 fully saturated rings. The SMILES string of the molecule is CCN(CC(=O)NCc1ccc(F)cc1)C(=O)Cc1ccc(OC)c(OC)c1. The summed E-state index contributed by atoms with van der Waals surface area (Å²) in [5.41, 5.74) is 1.56. The Labute approximate surface area is 164 Å². The molecule has 0 aromatic heterocycles. The molecule has 0 aliphatic carbocycles. The van der Waals surface area contributed by atoms with Crippen molar-refractivity contribution in [2.45, 2.75) is 19.9 Å². The van der Waals surface area contributed by atoms with E-state index in [9.17, 15) is 14.0 Å². The van der Waals surface area contributed by atoms with Crippen molar-refractivity contribution in [3.63, 3.8) is 0 Å². The number of hydrogen-bond acceptors (Lipinski definition) is 4. The molecule has 2 aromatic carbocycles. The number of hydrogen-bond donors (Lipinski definition) is 1. The summed E-state index contributed by atoms with van der Waals surface area (Å²) in [7, 11) is 3.08. The van der Waals surface area contributed by atoms with Crippen LogP contribution in [0, 0.1) is 5.82 Å². The van der Waals surface area contributed by atoms with Gasteiger partial charge in [-0.2, -0.15) is 0 Å². The molecule has 0 aliphatic heterocycles. The van der Waals surface area contributed by atoms with Crippen molar-refractivity contribution in [3.8, 4) is 11.5 Å². The third-order valence-electron chi connectivity index (χ3n) is 4.28. The minimum Gasteiger partial charge on any atom is -0.493 e. The maximum absolute atomic E-state index is 12.9. The van der Waals surface area contributed by atoms with Crippen molar-refractivity contribution in [1.29, 1.82) is 0 Å². The normalized spacial score (nSPS) is 10.3. The molecule has 0 unspecified atom stereocenters. The van der Waals surface area contributed by atoms with Crippen molar-refractivity contribution >= 4 is 11.8 Å². The van der Waals surface area contributed by atoms with Crippen LogP contribution in [-0.2, 0) is 22.6 Å². The number of methoxy groups -OCH3 is 2.